The quantitative estimate of drug-likeness (QED) is 0.751. The second kappa shape index (κ2) is 4.62. The Hall–Kier alpha value is -2.76. The molecule has 3 heterocycles. The largest absolute Gasteiger partial charge is 0.462 e. The SMILES string of the molecule is Cc1cc(=O)c2c(o1)C(c1ccc3c(c1)OCO3)CC(=O)O2. The van der Waals surface area contributed by atoms with E-state index in [0.29, 0.717) is 23.0 Å². The molecule has 0 bridgehead atoms. The standard InChI is InChI=1S/C16H12O6/c1-8-4-11(17)16-15(21-8)10(6-14(18)22-16)9-2-3-12-13(5-9)20-7-19-12/h2-5,10H,6-7H2,1H3. The van der Waals surface area contributed by atoms with Gasteiger partial charge < -0.3 is 18.6 Å². The van der Waals surface area contributed by atoms with E-state index in [1.807, 2.05) is 6.07 Å². The highest BCUT2D eigenvalue weighted by Crippen LogP contribution is 2.41. The van der Waals surface area contributed by atoms with E-state index < -0.39 is 5.97 Å². The van der Waals surface area contributed by atoms with Crippen molar-refractivity contribution in [3.05, 3.63) is 51.6 Å². The molecule has 0 N–H and O–H groups in total. The van der Waals surface area contributed by atoms with Crippen LogP contribution < -0.4 is 19.6 Å². The highest BCUT2D eigenvalue weighted by atomic mass is 16.7. The number of aryl methyl sites for hydroxylation is 1. The van der Waals surface area contributed by atoms with Crippen LogP contribution in [0.5, 0.6) is 17.2 Å². The van der Waals surface area contributed by atoms with E-state index in [2.05, 4.69) is 0 Å². The Balaban J connectivity index is 1.86. The molecule has 1 aromatic carbocycles. The van der Waals surface area contributed by atoms with E-state index in [4.69, 9.17) is 18.6 Å². The Morgan fingerprint density at radius 3 is 2.77 bits per heavy atom. The Labute approximate surface area is 125 Å². The third-order valence-corrected chi connectivity index (χ3v) is 3.76. The van der Waals surface area contributed by atoms with Crippen LogP contribution in [-0.2, 0) is 4.79 Å². The van der Waals surface area contributed by atoms with Crippen molar-refractivity contribution < 1.29 is 23.4 Å². The predicted molar refractivity (Wildman–Crippen MR) is 74.4 cm³/mol. The molecular formula is C16H12O6. The minimum Gasteiger partial charge on any atom is -0.462 e. The molecule has 0 radical (unpaired) electrons. The molecule has 1 aromatic heterocycles. The monoisotopic (exact) mass is 300 g/mol. The van der Waals surface area contributed by atoms with Crippen molar-refractivity contribution >= 4 is 5.97 Å². The minimum atomic E-state index is -0.452. The number of esters is 1. The lowest BCUT2D eigenvalue weighted by molar-refractivity contribution is -0.136. The van der Waals surface area contributed by atoms with E-state index in [1.165, 1.54) is 6.07 Å². The van der Waals surface area contributed by atoms with Gasteiger partial charge in [0.2, 0.25) is 18.0 Å². The second-order valence-corrected chi connectivity index (χ2v) is 5.26. The normalized spacial score (nSPS) is 18.8. The van der Waals surface area contributed by atoms with Crippen molar-refractivity contribution in [1.29, 1.82) is 0 Å². The van der Waals surface area contributed by atoms with Gasteiger partial charge in [0.05, 0.1) is 12.3 Å². The fourth-order valence-corrected chi connectivity index (χ4v) is 2.76. The van der Waals surface area contributed by atoms with Gasteiger partial charge in [-0.25, -0.2) is 0 Å². The maximum Gasteiger partial charge on any atom is 0.312 e. The van der Waals surface area contributed by atoms with Crippen molar-refractivity contribution in [3.63, 3.8) is 0 Å². The summed E-state index contributed by atoms with van der Waals surface area (Å²) in [5.41, 5.74) is 0.466. The Bertz CT molecular complexity index is 835. The molecule has 22 heavy (non-hydrogen) atoms. The number of carbonyl (C=O) groups excluding carboxylic acids is 1. The van der Waals surface area contributed by atoms with Gasteiger partial charge in [0.1, 0.15) is 5.76 Å². The smallest absolute Gasteiger partial charge is 0.312 e. The number of benzene rings is 1. The summed E-state index contributed by atoms with van der Waals surface area (Å²) >= 11 is 0. The van der Waals surface area contributed by atoms with Crippen LogP contribution in [0.15, 0.2) is 33.5 Å². The van der Waals surface area contributed by atoms with Crippen LogP contribution in [0.4, 0.5) is 0 Å². The van der Waals surface area contributed by atoms with Crippen molar-refractivity contribution in [2.45, 2.75) is 19.3 Å². The first-order valence-electron chi connectivity index (χ1n) is 6.86. The molecule has 112 valence electrons. The van der Waals surface area contributed by atoms with Crippen LogP contribution in [0.3, 0.4) is 0 Å². The third kappa shape index (κ3) is 1.95. The maximum atomic E-state index is 12.0. The fraction of sp³-hybridized carbons (Fsp3) is 0.250. The summed E-state index contributed by atoms with van der Waals surface area (Å²) in [6.07, 6.45) is 0.110. The summed E-state index contributed by atoms with van der Waals surface area (Å²) in [7, 11) is 0. The Morgan fingerprint density at radius 2 is 1.91 bits per heavy atom. The Kier molecular flexibility index (Phi) is 2.72. The highest BCUT2D eigenvalue weighted by molar-refractivity contribution is 5.77. The van der Waals surface area contributed by atoms with E-state index in [-0.39, 0.29) is 30.3 Å². The second-order valence-electron chi connectivity index (χ2n) is 5.26. The van der Waals surface area contributed by atoms with E-state index >= 15 is 0 Å². The molecular weight excluding hydrogens is 288 g/mol. The van der Waals surface area contributed by atoms with Crippen LogP contribution in [0.2, 0.25) is 0 Å². The first-order chi connectivity index (χ1) is 10.6. The lowest BCUT2D eigenvalue weighted by atomic mass is 9.90. The van der Waals surface area contributed by atoms with Crippen molar-refractivity contribution in [2.24, 2.45) is 0 Å². The zero-order chi connectivity index (χ0) is 15.3. The molecule has 2 aromatic rings. The first-order valence-corrected chi connectivity index (χ1v) is 6.86. The van der Waals surface area contributed by atoms with Crippen molar-refractivity contribution in [3.8, 4) is 17.2 Å². The van der Waals surface area contributed by atoms with E-state index in [0.717, 1.165) is 5.56 Å². The van der Waals surface area contributed by atoms with Crippen LogP contribution in [-0.4, -0.2) is 12.8 Å². The molecule has 1 atom stereocenters. The van der Waals surface area contributed by atoms with E-state index in [9.17, 15) is 9.59 Å². The van der Waals surface area contributed by atoms with Crippen LogP contribution in [0.1, 0.15) is 29.4 Å². The average molecular weight is 300 g/mol. The predicted octanol–water partition coefficient (Wildman–Crippen LogP) is 2.12. The van der Waals surface area contributed by atoms with Gasteiger partial charge in [0.25, 0.3) is 0 Å². The van der Waals surface area contributed by atoms with Gasteiger partial charge in [-0.2, -0.15) is 0 Å². The van der Waals surface area contributed by atoms with Gasteiger partial charge in [-0.1, -0.05) is 6.07 Å². The third-order valence-electron chi connectivity index (χ3n) is 3.76. The number of ether oxygens (including phenoxy) is 3. The van der Waals surface area contributed by atoms with Crippen molar-refractivity contribution in [2.75, 3.05) is 6.79 Å². The minimum absolute atomic E-state index is 0.0236. The van der Waals surface area contributed by atoms with Gasteiger partial charge in [0.15, 0.2) is 17.3 Å². The van der Waals surface area contributed by atoms with Crippen LogP contribution >= 0.6 is 0 Å². The first kappa shape index (κ1) is 12.9. The van der Waals surface area contributed by atoms with Gasteiger partial charge in [-0.05, 0) is 24.6 Å². The summed E-state index contributed by atoms with van der Waals surface area (Å²) in [6, 6.07) is 6.74. The number of hydrogen-bond acceptors (Lipinski definition) is 6. The lowest BCUT2D eigenvalue weighted by Crippen LogP contribution is -2.25. The molecule has 0 aliphatic carbocycles. The van der Waals surface area contributed by atoms with Crippen LogP contribution in [0.25, 0.3) is 0 Å². The number of fused-ring (bicyclic) bond motifs is 2. The van der Waals surface area contributed by atoms with Crippen molar-refractivity contribution in [1.82, 2.24) is 0 Å². The zero-order valence-corrected chi connectivity index (χ0v) is 11.8. The zero-order valence-electron chi connectivity index (χ0n) is 11.8. The van der Waals surface area contributed by atoms with E-state index in [1.54, 1.807) is 19.1 Å². The van der Waals surface area contributed by atoms with Crippen LogP contribution in [0, 0.1) is 6.92 Å². The molecule has 4 rings (SSSR count). The van der Waals surface area contributed by atoms with Gasteiger partial charge >= 0.3 is 5.97 Å². The topological polar surface area (TPSA) is 75.0 Å². The van der Waals surface area contributed by atoms with Gasteiger partial charge in [0, 0.05) is 6.07 Å². The summed E-state index contributed by atoms with van der Waals surface area (Å²) in [5.74, 6) is 1.28. The van der Waals surface area contributed by atoms with Gasteiger partial charge in [-0.15, -0.1) is 0 Å². The average Bonchev–Trinajstić information content (AvgIpc) is 2.95. The summed E-state index contributed by atoms with van der Waals surface area (Å²) in [4.78, 5) is 23.8. The molecule has 2 aliphatic heterocycles. The fourth-order valence-electron chi connectivity index (χ4n) is 2.76. The molecule has 0 amide bonds. The molecule has 6 heteroatoms. The number of rotatable bonds is 1. The molecule has 2 aliphatic rings. The summed E-state index contributed by atoms with van der Waals surface area (Å²) in [6.45, 7) is 1.87. The highest BCUT2D eigenvalue weighted by Gasteiger charge is 2.33. The Morgan fingerprint density at radius 1 is 1.09 bits per heavy atom. The molecule has 0 saturated heterocycles. The summed E-state index contributed by atoms with van der Waals surface area (Å²) in [5, 5.41) is 0. The maximum absolute atomic E-state index is 12.0. The molecule has 0 spiro atoms. The number of hydrogen-bond donors (Lipinski definition) is 0. The molecule has 6 nitrogen and oxygen atoms in total. The molecule has 0 saturated carbocycles. The van der Waals surface area contributed by atoms with Gasteiger partial charge in [-0.3, -0.25) is 9.59 Å². The number of carbonyl (C=O) groups is 1. The molecule has 1 unspecified atom stereocenters. The molecule has 0 fully saturated rings. The lowest BCUT2D eigenvalue weighted by Gasteiger charge is -2.23. The summed E-state index contributed by atoms with van der Waals surface area (Å²) < 4.78 is 21.4.